The fourth-order valence-corrected chi connectivity index (χ4v) is 6.03. The predicted molar refractivity (Wildman–Crippen MR) is 162 cm³/mol. The maximum Gasteiger partial charge on any atom is 0.264 e. The quantitative estimate of drug-likeness (QED) is 0.283. The van der Waals surface area contributed by atoms with E-state index in [0.717, 1.165) is 4.31 Å². The third kappa shape index (κ3) is 7.46. The van der Waals surface area contributed by atoms with Crippen LogP contribution in [0.25, 0.3) is 0 Å². The van der Waals surface area contributed by atoms with Crippen LogP contribution in [-0.2, 0) is 26.2 Å². The Morgan fingerprint density at radius 3 is 2.19 bits per heavy atom. The number of benzene rings is 3. The van der Waals surface area contributed by atoms with E-state index in [1.54, 1.807) is 55.5 Å². The number of amides is 2. The highest BCUT2D eigenvalue weighted by Crippen LogP contribution is 2.33. The molecule has 1 unspecified atom stereocenters. The normalized spacial score (nSPS) is 11.8. The summed E-state index contributed by atoms with van der Waals surface area (Å²) in [5.74, 6) is 0.128. The van der Waals surface area contributed by atoms with Crippen molar-refractivity contribution in [2.24, 2.45) is 0 Å². The number of ether oxygens (including phenoxy) is 3. The lowest BCUT2D eigenvalue weighted by atomic mass is 10.1. The van der Waals surface area contributed by atoms with Crippen LogP contribution < -0.4 is 23.8 Å². The van der Waals surface area contributed by atoms with Crippen LogP contribution in [0.2, 0.25) is 5.02 Å². The van der Waals surface area contributed by atoms with Gasteiger partial charge in [0.2, 0.25) is 11.8 Å². The average molecular weight is 618 g/mol. The minimum absolute atomic E-state index is 0.00203. The minimum Gasteiger partial charge on any atom is -0.494 e. The van der Waals surface area contributed by atoms with Gasteiger partial charge in [-0.1, -0.05) is 36.7 Å². The maximum absolute atomic E-state index is 14.1. The summed E-state index contributed by atoms with van der Waals surface area (Å²) in [6.45, 7) is 3.45. The Hall–Kier alpha value is -3.96. The first-order chi connectivity index (χ1) is 20.1. The third-order valence-corrected chi connectivity index (χ3v) is 8.73. The molecule has 0 aromatic heterocycles. The molecule has 10 nitrogen and oxygen atoms in total. The number of halogens is 1. The number of nitrogens with zero attached hydrogens (tertiary/aromatic N) is 2. The molecule has 3 rings (SSSR count). The molecule has 3 aromatic carbocycles. The van der Waals surface area contributed by atoms with Gasteiger partial charge in [0.05, 0.1) is 31.4 Å². The lowest BCUT2D eigenvalue weighted by Crippen LogP contribution is -2.51. The predicted octanol–water partition coefficient (Wildman–Crippen LogP) is 4.50. The summed E-state index contributed by atoms with van der Waals surface area (Å²) in [4.78, 5) is 28.2. The number of rotatable bonds is 14. The molecule has 0 saturated heterocycles. The number of carbonyl (C=O) groups excluding carboxylic acids is 2. The summed E-state index contributed by atoms with van der Waals surface area (Å²) < 4.78 is 45.4. The Kier molecular flexibility index (Phi) is 11.5. The van der Waals surface area contributed by atoms with E-state index in [1.165, 1.54) is 44.4 Å². The minimum atomic E-state index is -4.32. The number of anilines is 1. The molecule has 226 valence electrons. The Morgan fingerprint density at radius 1 is 0.952 bits per heavy atom. The number of carbonyl (C=O) groups is 2. The van der Waals surface area contributed by atoms with Crippen molar-refractivity contribution in [1.82, 2.24) is 10.2 Å². The van der Waals surface area contributed by atoms with Crippen LogP contribution in [0.4, 0.5) is 5.69 Å². The molecule has 42 heavy (non-hydrogen) atoms. The van der Waals surface area contributed by atoms with Crippen molar-refractivity contribution in [1.29, 1.82) is 0 Å². The van der Waals surface area contributed by atoms with Gasteiger partial charge in [0.15, 0.2) is 11.5 Å². The third-order valence-electron chi connectivity index (χ3n) is 6.59. The van der Waals surface area contributed by atoms with E-state index >= 15 is 0 Å². The van der Waals surface area contributed by atoms with Gasteiger partial charge in [-0.15, -0.1) is 0 Å². The van der Waals surface area contributed by atoms with Gasteiger partial charge in [0.25, 0.3) is 10.0 Å². The van der Waals surface area contributed by atoms with Crippen LogP contribution in [0.3, 0.4) is 0 Å². The summed E-state index contributed by atoms with van der Waals surface area (Å²) in [7, 11) is 0.00780. The Morgan fingerprint density at radius 2 is 1.62 bits per heavy atom. The second-order valence-electron chi connectivity index (χ2n) is 9.11. The molecule has 0 bridgehead atoms. The molecule has 0 aliphatic rings. The zero-order valence-corrected chi connectivity index (χ0v) is 25.9. The van der Waals surface area contributed by atoms with E-state index < -0.39 is 28.5 Å². The van der Waals surface area contributed by atoms with Gasteiger partial charge in [0.1, 0.15) is 18.3 Å². The highest BCUT2D eigenvalue weighted by atomic mass is 35.5. The summed E-state index contributed by atoms with van der Waals surface area (Å²) in [5.41, 5.74) is 0.845. The lowest BCUT2D eigenvalue weighted by Gasteiger charge is -2.33. The van der Waals surface area contributed by atoms with Crippen LogP contribution >= 0.6 is 11.6 Å². The SMILES string of the molecule is CCOc1ccc(N(CC(=O)N(Cc2ccccc2Cl)C(CC)C(=O)NC)S(=O)(=O)c2ccc(OC)c(OC)c2)cc1. The van der Waals surface area contributed by atoms with Gasteiger partial charge in [-0.3, -0.25) is 13.9 Å². The smallest absolute Gasteiger partial charge is 0.264 e. The van der Waals surface area contributed by atoms with Gasteiger partial charge >= 0.3 is 0 Å². The highest BCUT2D eigenvalue weighted by molar-refractivity contribution is 7.92. The van der Waals surface area contributed by atoms with E-state index in [-0.39, 0.29) is 28.8 Å². The Bertz CT molecular complexity index is 1480. The van der Waals surface area contributed by atoms with Gasteiger partial charge in [0, 0.05) is 24.7 Å². The molecule has 0 heterocycles. The zero-order valence-electron chi connectivity index (χ0n) is 24.3. The van der Waals surface area contributed by atoms with E-state index in [9.17, 15) is 18.0 Å². The second kappa shape index (κ2) is 14.8. The number of nitrogens with one attached hydrogen (secondary N) is 1. The first-order valence-corrected chi connectivity index (χ1v) is 15.1. The summed E-state index contributed by atoms with van der Waals surface area (Å²) in [6, 6.07) is 16.7. The molecule has 1 atom stereocenters. The lowest BCUT2D eigenvalue weighted by molar-refractivity contribution is -0.140. The maximum atomic E-state index is 14.1. The number of methoxy groups -OCH3 is 2. The molecular formula is C30H36ClN3O7S. The standard InChI is InChI=1S/C30H36ClN3O7S/c1-6-26(30(36)32-3)33(19-21-10-8-9-11-25(21)31)29(35)20-34(22-12-14-23(15-13-22)41-7-2)42(37,38)24-16-17-27(39-4)28(18-24)40-5/h8-18,26H,6-7,19-20H2,1-5H3,(H,32,36). The highest BCUT2D eigenvalue weighted by Gasteiger charge is 2.34. The number of sulfonamides is 1. The largest absolute Gasteiger partial charge is 0.494 e. The molecular weight excluding hydrogens is 582 g/mol. The van der Waals surface area contributed by atoms with Crippen molar-refractivity contribution in [2.45, 2.75) is 37.8 Å². The molecule has 3 aromatic rings. The van der Waals surface area contributed by atoms with Gasteiger partial charge in [-0.05, 0) is 61.4 Å². The van der Waals surface area contributed by atoms with Crippen LogP contribution in [0, 0.1) is 0 Å². The first-order valence-electron chi connectivity index (χ1n) is 13.3. The topological polar surface area (TPSA) is 114 Å². The molecule has 1 N–H and O–H groups in total. The van der Waals surface area contributed by atoms with Gasteiger partial charge < -0.3 is 24.4 Å². The number of likely N-dealkylation sites (N-methyl/N-ethyl adjacent to an activating group) is 1. The van der Waals surface area contributed by atoms with Crippen LogP contribution in [0.15, 0.2) is 71.6 Å². The molecule has 0 aliphatic heterocycles. The Labute approximate surface area is 252 Å². The summed E-state index contributed by atoms with van der Waals surface area (Å²) in [6.07, 6.45) is 0.293. The molecule has 0 aliphatic carbocycles. The fourth-order valence-electron chi connectivity index (χ4n) is 4.40. The molecule has 12 heteroatoms. The zero-order chi connectivity index (χ0) is 30.9. The fraction of sp³-hybridized carbons (Fsp3) is 0.333. The van der Waals surface area contributed by atoms with Crippen molar-refractivity contribution in [2.75, 3.05) is 38.7 Å². The van der Waals surface area contributed by atoms with E-state index in [2.05, 4.69) is 5.32 Å². The average Bonchev–Trinajstić information content (AvgIpc) is 3.00. The van der Waals surface area contributed by atoms with Gasteiger partial charge in [-0.2, -0.15) is 0 Å². The van der Waals surface area contributed by atoms with Crippen molar-refractivity contribution in [3.05, 3.63) is 77.3 Å². The van der Waals surface area contributed by atoms with Crippen LogP contribution in [0.1, 0.15) is 25.8 Å². The van der Waals surface area contributed by atoms with Crippen LogP contribution in [-0.4, -0.2) is 65.6 Å². The molecule has 2 amide bonds. The Balaban J connectivity index is 2.11. The molecule has 0 saturated carbocycles. The number of hydrogen-bond acceptors (Lipinski definition) is 7. The van der Waals surface area contributed by atoms with Crippen molar-refractivity contribution >= 4 is 39.1 Å². The molecule has 0 radical (unpaired) electrons. The van der Waals surface area contributed by atoms with E-state index in [4.69, 9.17) is 25.8 Å². The first kappa shape index (κ1) is 32.6. The van der Waals surface area contributed by atoms with E-state index in [0.29, 0.717) is 35.1 Å². The second-order valence-corrected chi connectivity index (χ2v) is 11.4. The monoisotopic (exact) mass is 617 g/mol. The van der Waals surface area contributed by atoms with E-state index in [1.807, 2.05) is 6.92 Å². The molecule has 0 fully saturated rings. The number of hydrogen-bond donors (Lipinski definition) is 1. The van der Waals surface area contributed by atoms with Crippen molar-refractivity contribution in [3.8, 4) is 17.2 Å². The summed E-state index contributed by atoms with van der Waals surface area (Å²) in [5, 5.41) is 3.02. The van der Waals surface area contributed by atoms with Crippen molar-refractivity contribution < 1.29 is 32.2 Å². The van der Waals surface area contributed by atoms with Crippen LogP contribution in [0.5, 0.6) is 17.2 Å². The molecule has 0 spiro atoms. The van der Waals surface area contributed by atoms with Gasteiger partial charge in [-0.25, -0.2) is 8.42 Å². The summed E-state index contributed by atoms with van der Waals surface area (Å²) >= 11 is 6.40. The van der Waals surface area contributed by atoms with Crippen molar-refractivity contribution in [3.63, 3.8) is 0 Å².